The third-order valence-corrected chi connectivity index (χ3v) is 6.52. The van der Waals surface area contributed by atoms with Gasteiger partial charge in [0.1, 0.15) is 5.82 Å². The van der Waals surface area contributed by atoms with Gasteiger partial charge in [0.05, 0.1) is 19.4 Å². The Morgan fingerprint density at radius 1 is 1.18 bits per heavy atom. The quantitative estimate of drug-likeness (QED) is 0.410. The Bertz CT molecular complexity index is 1050. The Labute approximate surface area is 192 Å². The molecule has 0 aromatic carbocycles. The fourth-order valence-electron chi connectivity index (χ4n) is 5.04. The maximum absolute atomic E-state index is 9.23. The van der Waals surface area contributed by atoms with Crippen molar-refractivity contribution in [2.24, 2.45) is 0 Å². The largest absolute Gasteiger partial charge is 0.481 e. The van der Waals surface area contributed by atoms with Crippen LogP contribution < -0.4 is 15.4 Å². The lowest BCUT2D eigenvalue weighted by Gasteiger charge is -2.49. The molecule has 2 fully saturated rings. The standard InChI is InChI=1S/C23H30N8O2/c1-33-22-11-20(26-21-10-17(14-32)29-30-21)27-23(28-22)25-16-8-18-5-2-6-19(9-16)31(18)13-15-4-3-7-24-12-15/h3-4,7,10-12,16,18-19,32H,2,5-6,8-9,13-14H2,1H3,(H3,25,26,27,28,29,30). The van der Waals surface area contributed by atoms with Gasteiger partial charge in [-0.15, -0.1) is 0 Å². The molecule has 3 aromatic heterocycles. The third kappa shape index (κ3) is 5.07. The summed E-state index contributed by atoms with van der Waals surface area (Å²) in [5, 5.41) is 22.8. The van der Waals surface area contributed by atoms with E-state index in [1.54, 1.807) is 19.2 Å². The van der Waals surface area contributed by atoms with Crippen LogP contribution >= 0.6 is 0 Å². The Morgan fingerprint density at radius 3 is 2.73 bits per heavy atom. The van der Waals surface area contributed by atoms with Gasteiger partial charge in [-0.3, -0.25) is 15.0 Å². The summed E-state index contributed by atoms with van der Waals surface area (Å²) in [6.45, 7) is 0.857. The number of anilines is 3. The maximum Gasteiger partial charge on any atom is 0.228 e. The van der Waals surface area contributed by atoms with Crippen LogP contribution in [0.15, 0.2) is 36.7 Å². The first kappa shape index (κ1) is 21.6. The first-order valence-corrected chi connectivity index (χ1v) is 11.5. The van der Waals surface area contributed by atoms with Crippen molar-refractivity contribution in [3.63, 3.8) is 0 Å². The zero-order chi connectivity index (χ0) is 22.6. The predicted molar refractivity (Wildman–Crippen MR) is 124 cm³/mol. The Kier molecular flexibility index (Phi) is 6.36. The monoisotopic (exact) mass is 450 g/mol. The highest BCUT2D eigenvalue weighted by atomic mass is 16.5. The van der Waals surface area contributed by atoms with E-state index in [9.17, 15) is 5.11 Å². The number of fused-ring (bicyclic) bond motifs is 2. The van der Waals surface area contributed by atoms with Gasteiger partial charge in [-0.2, -0.15) is 15.1 Å². The van der Waals surface area contributed by atoms with E-state index in [1.807, 2.05) is 18.5 Å². The molecule has 174 valence electrons. The highest BCUT2D eigenvalue weighted by molar-refractivity contribution is 5.55. The van der Waals surface area contributed by atoms with Crippen LogP contribution in [0.2, 0.25) is 0 Å². The molecule has 2 saturated heterocycles. The van der Waals surface area contributed by atoms with E-state index in [4.69, 9.17) is 4.74 Å². The minimum absolute atomic E-state index is 0.101. The zero-order valence-corrected chi connectivity index (χ0v) is 18.7. The van der Waals surface area contributed by atoms with Gasteiger partial charge >= 0.3 is 0 Å². The van der Waals surface area contributed by atoms with Crippen molar-refractivity contribution in [1.29, 1.82) is 0 Å². The van der Waals surface area contributed by atoms with E-state index in [1.165, 1.54) is 24.8 Å². The normalized spacial score (nSPS) is 22.7. The molecule has 2 atom stereocenters. The maximum atomic E-state index is 9.23. The highest BCUT2D eigenvalue weighted by Crippen LogP contribution is 2.36. The number of aromatic amines is 1. The smallest absolute Gasteiger partial charge is 0.228 e. The number of piperidine rings is 2. The van der Waals surface area contributed by atoms with Crippen LogP contribution in [0.1, 0.15) is 43.4 Å². The van der Waals surface area contributed by atoms with Crippen LogP contribution in [-0.2, 0) is 13.2 Å². The van der Waals surface area contributed by atoms with Crippen LogP contribution in [0, 0.1) is 0 Å². The molecule has 2 aliphatic rings. The molecule has 0 spiro atoms. The van der Waals surface area contributed by atoms with E-state index in [0.717, 1.165) is 19.4 Å². The summed E-state index contributed by atoms with van der Waals surface area (Å²) in [4.78, 5) is 16.1. The van der Waals surface area contributed by atoms with E-state index < -0.39 is 0 Å². The molecule has 10 nitrogen and oxygen atoms in total. The van der Waals surface area contributed by atoms with Crippen molar-refractivity contribution < 1.29 is 9.84 Å². The molecule has 5 rings (SSSR count). The Balaban J connectivity index is 1.28. The van der Waals surface area contributed by atoms with Crippen molar-refractivity contribution in [3.8, 4) is 5.88 Å². The zero-order valence-electron chi connectivity index (χ0n) is 18.7. The van der Waals surface area contributed by atoms with Crippen molar-refractivity contribution in [3.05, 3.63) is 47.9 Å². The molecule has 33 heavy (non-hydrogen) atoms. The Hall–Kier alpha value is -3.24. The van der Waals surface area contributed by atoms with Crippen LogP contribution in [0.25, 0.3) is 0 Å². The summed E-state index contributed by atoms with van der Waals surface area (Å²) in [7, 11) is 1.59. The lowest BCUT2D eigenvalue weighted by molar-refractivity contribution is 0.0276. The van der Waals surface area contributed by atoms with E-state index in [2.05, 4.69) is 46.7 Å². The molecular weight excluding hydrogens is 420 g/mol. The van der Waals surface area contributed by atoms with Gasteiger partial charge in [-0.25, -0.2) is 0 Å². The molecule has 0 radical (unpaired) electrons. The van der Waals surface area contributed by atoms with Gasteiger partial charge in [-0.1, -0.05) is 12.5 Å². The van der Waals surface area contributed by atoms with Crippen molar-refractivity contribution >= 4 is 17.6 Å². The molecule has 2 bridgehead atoms. The SMILES string of the molecule is COc1cc(Nc2cc(CO)[nH]n2)nc(NC2CC3CCCC(C2)N3Cc2cccnc2)n1. The van der Waals surface area contributed by atoms with Gasteiger partial charge in [0.2, 0.25) is 11.8 Å². The Morgan fingerprint density at radius 2 is 2.03 bits per heavy atom. The van der Waals surface area contributed by atoms with Gasteiger partial charge in [0.25, 0.3) is 0 Å². The second kappa shape index (κ2) is 9.72. The third-order valence-electron chi connectivity index (χ3n) is 6.52. The van der Waals surface area contributed by atoms with Crippen LogP contribution in [0.3, 0.4) is 0 Å². The van der Waals surface area contributed by atoms with Gasteiger partial charge < -0.3 is 20.5 Å². The minimum atomic E-state index is -0.101. The number of ether oxygens (including phenoxy) is 1. The average molecular weight is 451 g/mol. The fraction of sp³-hybridized carbons (Fsp3) is 0.478. The van der Waals surface area contributed by atoms with Gasteiger partial charge in [0, 0.05) is 49.2 Å². The summed E-state index contributed by atoms with van der Waals surface area (Å²) >= 11 is 0. The van der Waals surface area contributed by atoms with Crippen LogP contribution in [-0.4, -0.2) is 60.4 Å². The number of rotatable bonds is 8. The lowest BCUT2D eigenvalue weighted by Crippen LogP contribution is -2.54. The summed E-state index contributed by atoms with van der Waals surface area (Å²) in [6, 6.07) is 9.02. The summed E-state index contributed by atoms with van der Waals surface area (Å²) in [5.74, 6) is 2.17. The second-order valence-corrected chi connectivity index (χ2v) is 8.77. The molecule has 10 heteroatoms. The molecule has 0 aliphatic carbocycles. The second-order valence-electron chi connectivity index (χ2n) is 8.77. The molecule has 2 unspecified atom stereocenters. The van der Waals surface area contributed by atoms with Crippen molar-refractivity contribution in [1.82, 2.24) is 30.0 Å². The molecular formula is C23H30N8O2. The number of hydrogen-bond donors (Lipinski definition) is 4. The lowest BCUT2D eigenvalue weighted by atomic mass is 9.81. The number of pyridine rings is 1. The fourth-order valence-corrected chi connectivity index (χ4v) is 5.04. The number of aliphatic hydroxyl groups excluding tert-OH is 1. The number of H-pyrrole nitrogens is 1. The number of aromatic nitrogens is 5. The average Bonchev–Trinajstić information content (AvgIpc) is 3.27. The number of methoxy groups -OCH3 is 1. The molecule has 0 saturated carbocycles. The van der Waals surface area contributed by atoms with E-state index in [-0.39, 0.29) is 6.61 Å². The van der Waals surface area contributed by atoms with E-state index in [0.29, 0.717) is 47.3 Å². The molecule has 0 amide bonds. The molecule has 4 N–H and O–H groups in total. The molecule has 5 heterocycles. The van der Waals surface area contributed by atoms with Crippen LogP contribution in [0.5, 0.6) is 5.88 Å². The number of nitrogens with zero attached hydrogens (tertiary/aromatic N) is 5. The van der Waals surface area contributed by atoms with Crippen molar-refractivity contribution in [2.45, 2.75) is 63.4 Å². The minimum Gasteiger partial charge on any atom is -0.481 e. The number of hydrogen-bond acceptors (Lipinski definition) is 9. The van der Waals surface area contributed by atoms with Crippen molar-refractivity contribution in [2.75, 3.05) is 17.7 Å². The number of nitrogens with one attached hydrogen (secondary N) is 3. The molecule has 3 aromatic rings. The summed E-state index contributed by atoms with van der Waals surface area (Å²) in [5.41, 5.74) is 1.90. The van der Waals surface area contributed by atoms with Gasteiger partial charge in [-0.05, 0) is 37.3 Å². The topological polar surface area (TPSA) is 124 Å². The first-order valence-electron chi connectivity index (χ1n) is 11.5. The van der Waals surface area contributed by atoms with Crippen LogP contribution in [0.4, 0.5) is 17.6 Å². The highest BCUT2D eigenvalue weighted by Gasteiger charge is 2.38. The van der Waals surface area contributed by atoms with E-state index >= 15 is 0 Å². The first-order chi connectivity index (χ1) is 16.2. The summed E-state index contributed by atoms with van der Waals surface area (Å²) < 4.78 is 5.39. The predicted octanol–water partition coefficient (Wildman–Crippen LogP) is 2.84. The summed E-state index contributed by atoms with van der Waals surface area (Å²) in [6.07, 6.45) is 9.63. The number of aliphatic hydroxyl groups is 1. The van der Waals surface area contributed by atoms with Gasteiger partial charge in [0.15, 0.2) is 5.82 Å². The molecule has 2 aliphatic heterocycles.